The zero-order valence-electron chi connectivity index (χ0n) is 48.4. The second-order valence-corrected chi connectivity index (χ2v) is 20.9. The third kappa shape index (κ3) is 59.6. The molecular weight excluding hydrogens is 901 g/mol. The van der Waals surface area contributed by atoms with Gasteiger partial charge in [0.15, 0.2) is 6.10 Å². The number of ether oxygens (including phenoxy) is 3. The van der Waals surface area contributed by atoms with E-state index in [9.17, 15) is 14.4 Å². The standard InChI is InChI=1S/C67H118O6/c1-4-7-10-13-16-19-22-24-25-26-27-28-29-30-31-32-33-34-35-36-37-38-39-40-41-42-43-44-46-48-51-54-57-60-66(69)72-63-64(62-71-65(68)59-56-53-50-47-21-18-15-12-9-6-3)73-67(70)61-58-55-52-49-45-23-20-17-14-11-8-5-2/h7,10,12,15-16,19,24-25,27-28,30-31,64H,4-6,8-9,11,13-14,17-18,20-23,26,29,32-63H2,1-3H3/b10-7-,15-12-,19-16-,25-24-,28-27-,31-30-. The molecule has 0 aliphatic rings. The van der Waals surface area contributed by atoms with Crippen LogP contribution in [0.5, 0.6) is 0 Å². The molecule has 0 saturated carbocycles. The van der Waals surface area contributed by atoms with Crippen LogP contribution in [-0.2, 0) is 28.6 Å². The summed E-state index contributed by atoms with van der Waals surface area (Å²) in [5, 5.41) is 0. The van der Waals surface area contributed by atoms with Crippen molar-refractivity contribution in [3.8, 4) is 0 Å². The van der Waals surface area contributed by atoms with Crippen molar-refractivity contribution in [2.45, 2.75) is 322 Å². The van der Waals surface area contributed by atoms with Gasteiger partial charge in [0, 0.05) is 19.3 Å². The molecule has 6 nitrogen and oxygen atoms in total. The first kappa shape index (κ1) is 69.8. The number of carbonyl (C=O) groups excluding carboxylic acids is 3. The normalized spacial score (nSPS) is 12.5. The molecule has 0 aliphatic carbocycles. The molecule has 6 heteroatoms. The van der Waals surface area contributed by atoms with Gasteiger partial charge in [-0.2, -0.15) is 0 Å². The second-order valence-electron chi connectivity index (χ2n) is 20.9. The van der Waals surface area contributed by atoms with Crippen LogP contribution in [0.15, 0.2) is 72.9 Å². The number of unbranched alkanes of at least 4 members (excludes halogenated alkanes) is 34. The molecule has 0 amide bonds. The Morgan fingerprint density at radius 1 is 0.288 bits per heavy atom. The first-order valence-corrected chi connectivity index (χ1v) is 31.4. The van der Waals surface area contributed by atoms with Gasteiger partial charge in [-0.3, -0.25) is 14.4 Å². The molecule has 0 bridgehead atoms. The molecule has 0 aromatic heterocycles. The number of hydrogen-bond acceptors (Lipinski definition) is 6. The average molecular weight is 1020 g/mol. The zero-order chi connectivity index (χ0) is 52.9. The maximum Gasteiger partial charge on any atom is 0.306 e. The summed E-state index contributed by atoms with van der Waals surface area (Å²) in [5.74, 6) is -0.871. The zero-order valence-corrected chi connectivity index (χ0v) is 48.4. The summed E-state index contributed by atoms with van der Waals surface area (Å²) in [6, 6.07) is 0. The topological polar surface area (TPSA) is 78.9 Å². The Bertz CT molecular complexity index is 1360. The van der Waals surface area contributed by atoms with Crippen molar-refractivity contribution in [2.75, 3.05) is 13.2 Å². The fourth-order valence-corrected chi connectivity index (χ4v) is 9.00. The lowest BCUT2D eigenvalue weighted by molar-refractivity contribution is -0.167. The van der Waals surface area contributed by atoms with Crippen LogP contribution < -0.4 is 0 Å². The molecule has 0 saturated heterocycles. The maximum absolute atomic E-state index is 12.8. The van der Waals surface area contributed by atoms with E-state index in [0.29, 0.717) is 19.3 Å². The van der Waals surface area contributed by atoms with E-state index in [1.807, 2.05) is 0 Å². The summed E-state index contributed by atoms with van der Waals surface area (Å²) in [5.41, 5.74) is 0. The molecule has 0 rings (SSSR count). The van der Waals surface area contributed by atoms with Crippen LogP contribution in [0.1, 0.15) is 316 Å². The van der Waals surface area contributed by atoms with E-state index in [1.54, 1.807) is 0 Å². The number of esters is 3. The Morgan fingerprint density at radius 3 is 0.904 bits per heavy atom. The predicted octanol–water partition coefficient (Wildman–Crippen LogP) is 21.3. The highest BCUT2D eigenvalue weighted by Crippen LogP contribution is 2.17. The van der Waals surface area contributed by atoms with E-state index in [0.717, 1.165) is 103 Å². The van der Waals surface area contributed by atoms with Gasteiger partial charge < -0.3 is 14.2 Å². The first-order valence-electron chi connectivity index (χ1n) is 31.4. The monoisotopic (exact) mass is 1020 g/mol. The third-order valence-corrected chi connectivity index (χ3v) is 13.7. The molecule has 422 valence electrons. The van der Waals surface area contributed by atoms with Gasteiger partial charge in [0.05, 0.1) is 0 Å². The van der Waals surface area contributed by atoms with Gasteiger partial charge in [-0.1, -0.05) is 286 Å². The smallest absolute Gasteiger partial charge is 0.306 e. The minimum Gasteiger partial charge on any atom is -0.462 e. The Balaban J connectivity index is 4.03. The maximum atomic E-state index is 12.8. The molecule has 0 aliphatic heterocycles. The minimum absolute atomic E-state index is 0.0729. The molecule has 0 heterocycles. The van der Waals surface area contributed by atoms with Crippen LogP contribution in [0.2, 0.25) is 0 Å². The van der Waals surface area contributed by atoms with Crippen molar-refractivity contribution >= 4 is 17.9 Å². The van der Waals surface area contributed by atoms with Gasteiger partial charge >= 0.3 is 17.9 Å². The van der Waals surface area contributed by atoms with Crippen molar-refractivity contribution < 1.29 is 28.6 Å². The summed E-state index contributed by atoms with van der Waals surface area (Å²) < 4.78 is 16.8. The number of hydrogen-bond donors (Lipinski definition) is 0. The molecule has 0 aromatic rings. The average Bonchev–Trinajstić information content (AvgIpc) is 3.39. The summed E-state index contributed by atoms with van der Waals surface area (Å²) in [6.07, 6.45) is 79.3. The van der Waals surface area contributed by atoms with Crippen LogP contribution in [0.3, 0.4) is 0 Å². The molecule has 73 heavy (non-hydrogen) atoms. The van der Waals surface area contributed by atoms with Crippen LogP contribution in [0, 0.1) is 0 Å². The highest BCUT2D eigenvalue weighted by molar-refractivity contribution is 5.71. The Kier molecular flexibility index (Phi) is 58.7. The first-order chi connectivity index (χ1) is 36.0. The Labute approximate surface area is 453 Å². The van der Waals surface area contributed by atoms with Gasteiger partial charge in [-0.15, -0.1) is 0 Å². The molecule has 0 N–H and O–H groups in total. The van der Waals surface area contributed by atoms with Crippen LogP contribution >= 0.6 is 0 Å². The van der Waals surface area contributed by atoms with E-state index in [4.69, 9.17) is 14.2 Å². The van der Waals surface area contributed by atoms with Gasteiger partial charge in [0.1, 0.15) is 13.2 Å². The van der Waals surface area contributed by atoms with Gasteiger partial charge in [-0.05, 0) is 83.5 Å². The molecule has 1 unspecified atom stereocenters. The van der Waals surface area contributed by atoms with Crippen LogP contribution in [-0.4, -0.2) is 37.2 Å². The fourth-order valence-electron chi connectivity index (χ4n) is 9.00. The molecule has 0 aromatic carbocycles. The van der Waals surface area contributed by atoms with Crippen molar-refractivity contribution in [2.24, 2.45) is 0 Å². The van der Waals surface area contributed by atoms with E-state index in [2.05, 4.69) is 93.7 Å². The lowest BCUT2D eigenvalue weighted by Crippen LogP contribution is -2.30. The Morgan fingerprint density at radius 2 is 0.562 bits per heavy atom. The highest BCUT2D eigenvalue weighted by atomic mass is 16.6. The lowest BCUT2D eigenvalue weighted by atomic mass is 10.0. The number of carbonyl (C=O) groups is 3. The Hall–Kier alpha value is -3.15. The summed E-state index contributed by atoms with van der Waals surface area (Å²) in [4.78, 5) is 38.1. The summed E-state index contributed by atoms with van der Waals surface area (Å²) in [6.45, 7) is 6.48. The van der Waals surface area contributed by atoms with Crippen LogP contribution in [0.4, 0.5) is 0 Å². The molecule has 0 spiro atoms. The van der Waals surface area contributed by atoms with Crippen molar-refractivity contribution in [1.29, 1.82) is 0 Å². The summed E-state index contributed by atoms with van der Waals surface area (Å²) >= 11 is 0. The van der Waals surface area contributed by atoms with Gasteiger partial charge in [0.25, 0.3) is 0 Å². The minimum atomic E-state index is -0.773. The van der Waals surface area contributed by atoms with Crippen molar-refractivity contribution in [3.63, 3.8) is 0 Å². The SMILES string of the molecule is CC/C=C\C/C=C\C/C=C\C/C=C\C/C=C\CCCCCCCCCCCCCCCCCCCC(=O)OCC(COC(=O)CCCCCCC/C=C\CCC)OC(=O)CCCCCCCCCCCCCC. The van der Waals surface area contributed by atoms with E-state index in [-0.39, 0.29) is 31.1 Å². The largest absolute Gasteiger partial charge is 0.462 e. The van der Waals surface area contributed by atoms with Gasteiger partial charge in [-0.25, -0.2) is 0 Å². The quantitative estimate of drug-likeness (QED) is 0.0261. The second kappa shape index (κ2) is 61.4. The third-order valence-electron chi connectivity index (χ3n) is 13.7. The van der Waals surface area contributed by atoms with Crippen molar-refractivity contribution in [3.05, 3.63) is 72.9 Å². The highest BCUT2D eigenvalue weighted by Gasteiger charge is 2.19. The van der Waals surface area contributed by atoms with Gasteiger partial charge in [0.2, 0.25) is 0 Å². The lowest BCUT2D eigenvalue weighted by Gasteiger charge is -2.18. The van der Waals surface area contributed by atoms with Crippen LogP contribution in [0.25, 0.3) is 0 Å². The molecule has 0 fully saturated rings. The van der Waals surface area contributed by atoms with E-state index < -0.39 is 6.10 Å². The van der Waals surface area contributed by atoms with E-state index in [1.165, 1.54) is 173 Å². The fraction of sp³-hybridized carbons (Fsp3) is 0.776. The molecular formula is C67H118O6. The predicted molar refractivity (Wildman–Crippen MR) is 316 cm³/mol. The van der Waals surface area contributed by atoms with Crippen molar-refractivity contribution in [1.82, 2.24) is 0 Å². The number of rotatable bonds is 57. The summed E-state index contributed by atoms with van der Waals surface area (Å²) in [7, 11) is 0. The molecule has 0 radical (unpaired) electrons. The molecule has 1 atom stereocenters. The number of allylic oxidation sites excluding steroid dienone is 12. The van der Waals surface area contributed by atoms with E-state index >= 15 is 0 Å².